The second kappa shape index (κ2) is 41.0. The van der Waals surface area contributed by atoms with E-state index in [9.17, 15) is 14.7 Å². The molecule has 0 aliphatic heterocycles. The molecule has 2 aliphatic rings. The molecule has 2 rings (SSSR count). The number of hydrogen-bond donors (Lipinski definition) is 1. The Morgan fingerprint density at radius 3 is 1.21 bits per heavy atom. The minimum absolute atomic E-state index is 0.000858. The number of aliphatic hydroxyl groups excluding tert-OH is 1. The van der Waals surface area contributed by atoms with Crippen LogP contribution in [-0.4, -0.2) is 84.4 Å². The van der Waals surface area contributed by atoms with Crippen molar-refractivity contribution in [3.05, 3.63) is 0 Å². The van der Waals surface area contributed by atoms with Crippen molar-refractivity contribution in [2.24, 2.45) is 11.8 Å². The largest absolute Gasteiger partial charge is 0.465 e. The third-order valence-corrected chi connectivity index (χ3v) is 14.9. The molecule has 7 heteroatoms. The number of carbonyl (C=O) groups excluding carboxylic acids is 2. The molecule has 0 radical (unpaired) electrons. The average molecular weight is 889 g/mol. The maximum atomic E-state index is 12.9. The van der Waals surface area contributed by atoms with Gasteiger partial charge in [0.15, 0.2) is 0 Å². The molecule has 2 fully saturated rings. The standard InChI is InChI=1S/C56H108N2O5/c1-5-9-13-17-19-25-34-50(32-23-15-11-7-3)48-62-55(60)38-27-21-29-44-57(46-47-58(52-36-31-37-52)53-40-42-54(59)43-41-53)45-30-22-28-39-56(61)63-49-51(33-24-16-12-8-4)35-26-20-18-14-10-6-2/h50-54,59H,5-49H2,1-4H3. The Morgan fingerprint density at radius 1 is 0.444 bits per heavy atom. The Hall–Kier alpha value is -1.18. The number of carbonyl (C=O) groups is 2. The van der Waals surface area contributed by atoms with Gasteiger partial charge in [0.2, 0.25) is 0 Å². The summed E-state index contributed by atoms with van der Waals surface area (Å²) in [6.45, 7) is 14.6. The van der Waals surface area contributed by atoms with Crippen LogP contribution in [0.5, 0.6) is 0 Å². The lowest BCUT2D eigenvalue weighted by Gasteiger charge is -2.45. The molecule has 0 aromatic rings. The molecule has 0 aromatic carbocycles. The van der Waals surface area contributed by atoms with Gasteiger partial charge < -0.3 is 19.5 Å². The summed E-state index contributed by atoms with van der Waals surface area (Å²) in [5, 5.41) is 10.2. The van der Waals surface area contributed by atoms with Crippen molar-refractivity contribution in [1.82, 2.24) is 9.80 Å². The smallest absolute Gasteiger partial charge is 0.305 e. The summed E-state index contributed by atoms with van der Waals surface area (Å²) >= 11 is 0. The average Bonchev–Trinajstić information content (AvgIpc) is 3.27. The summed E-state index contributed by atoms with van der Waals surface area (Å²) in [4.78, 5) is 31.3. The molecule has 2 unspecified atom stereocenters. The molecular formula is C56H108N2O5. The van der Waals surface area contributed by atoms with E-state index in [0.717, 1.165) is 90.4 Å². The summed E-state index contributed by atoms with van der Waals surface area (Å²) in [5.41, 5.74) is 0. The summed E-state index contributed by atoms with van der Waals surface area (Å²) in [5.74, 6) is 1.04. The molecule has 63 heavy (non-hydrogen) atoms. The molecule has 372 valence electrons. The van der Waals surface area contributed by atoms with Gasteiger partial charge in [-0.2, -0.15) is 0 Å². The lowest BCUT2D eigenvalue weighted by Crippen LogP contribution is -2.51. The molecule has 0 amide bonds. The van der Waals surface area contributed by atoms with Gasteiger partial charge in [-0.1, -0.05) is 175 Å². The minimum Gasteiger partial charge on any atom is -0.465 e. The number of nitrogens with zero attached hydrogens (tertiary/aromatic N) is 2. The predicted molar refractivity (Wildman–Crippen MR) is 268 cm³/mol. The normalized spacial score (nSPS) is 17.9. The lowest BCUT2D eigenvalue weighted by atomic mass is 9.86. The van der Waals surface area contributed by atoms with E-state index < -0.39 is 0 Å². The van der Waals surface area contributed by atoms with Crippen molar-refractivity contribution in [2.75, 3.05) is 39.4 Å². The van der Waals surface area contributed by atoms with Crippen molar-refractivity contribution in [2.45, 2.75) is 296 Å². The highest BCUT2D eigenvalue weighted by atomic mass is 16.5. The van der Waals surface area contributed by atoms with E-state index in [1.165, 1.54) is 173 Å². The van der Waals surface area contributed by atoms with Gasteiger partial charge in [-0.25, -0.2) is 0 Å². The zero-order valence-electron chi connectivity index (χ0n) is 42.7. The molecular weight excluding hydrogens is 781 g/mol. The van der Waals surface area contributed by atoms with Gasteiger partial charge in [-0.05, 0) is 115 Å². The maximum Gasteiger partial charge on any atom is 0.305 e. The van der Waals surface area contributed by atoms with Crippen LogP contribution in [0.15, 0.2) is 0 Å². The van der Waals surface area contributed by atoms with E-state index in [-0.39, 0.29) is 18.0 Å². The van der Waals surface area contributed by atoms with Gasteiger partial charge >= 0.3 is 11.9 Å². The Balaban J connectivity index is 1.80. The molecule has 2 saturated carbocycles. The number of ether oxygens (including phenoxy) is 2. The van der Waals surface area contributed by atoms with Gasteiger partial charge in [0.25, 0.3) is 0 Å². The van der Waals surface area contributed by atoms with Crippen LogP contribution in [0.2, 0.25) is 0 Å². The summed E-state index contributed by atoms with van der Waals surface area (Å²) in [6, 6.07) is 1.33. The Bertz CT molecular complexity index is 971. The predicted octanol–water partition coefficient (Wildman–Crippen LogP) is 15.3. The number of esters is 2. The van der Waals surface area contributed by atoms with Gasteiger partial charge in [0, 0.05) is 38.0 Å². The zero-order chi connectivity index (χ0) is 45.4. The van der Waals surface area contributed by atoms with Gasteiger partial charge in [-0.15, -0.1) is 0 Å². The third kappa shape index (κ3) is 31.4. The molecule has 0 saturated heterocycles. The number of hydrogen-bond acceptors (Lipinski definition) is 7. The van der Waals surface area contributed by atoms with Crippen LogP contribution in [0.25, 0.3) is 0 Å². The highest BCUT2D eigenvalue weighted by Crippen LogP contribution is 2.32. The molecule has 0 spiro atoms. The van der Waals surface area contributed by atoms with Crippen LogP contribution < -0.4 is 0 Å². The highest BCUT2D eigenvalue weighted by Gasteiger charge is 2.33. The number of aliphatic hydroxyl groups is 1. The SMILES string of the molecule is CCCCCCCCC(CCCCCC)COC(=O)CCCCCN(CCCCCC(=O)OCC(CCCCCC)CCCCCCCC)CCN(C1CCC1)C1CCC(O)CC1. The van der Waals surface area contributed by atoms with Crippen molar-refractivity contribution in [3.8, 4) is 0 Å². The van der Waals surface area contributed by atoms with E-state index in [2.05, 4.69) is 37.5 Å². The van der Waals surface area contributed by atoms with Crippen LogP contribution in [0, 0.1) is 11.8 Å². The molecule has 1 N–H and O–H groups in total. The maximum absolute atomic E-state index is 12.9. The van der Waals surface area contributed by atoms with Crippen molar-refractivity contribution in [3.63, 3.8) is 0 Å². The fraction of sp³-hybridized carbons (Fsp3) is 0.964. The first-order chi connectivity index (χ1) is 30.9. The van der Waals surface area contributed by atoms with E-state index in [1.54, 1.807) is 0 Å². The highest BCUT2D eigenvalue weighted by molar-refractivity contribution is 5.69. The summed E-state index contributed by atoms with van der Waals surface area (Å²) < 4.78 is 11.8. The second-order valence-corrected chi connectivity index (χ2v) is 20.7. The van der Waals surface area contributed by atoms with Crippen molar-refractivity contribution >= 4 is 11.9 Å². The van der Waals surface area contributed by atoms with Crippen LogP contribution in [-0.2, 0) is 19.1 Å². The quantitative estimate of drug-likeness (QED) is 0.0482. The van der Waals surface area contributed by atoms with E-state index in [0.29, 0.717) is 50.0 Å². The first-order valence-corrected chi connectivity index (χ1v) is 28.4. The van der Waals surface area contributed by atoms with Crippen molar-refractivity contribution < 1.29 is 24.2 Å². The van der Waals surface area contributed by atoms with Gasteiger partial charge in [-0.3, -0.25) is 14.5 Å². The summed E-state index contributed by atoms with van der Waals surface area (Å²) in [6.07, 6.45) is 46.1. The van der Waals surface area contributed by atoms with Crippen LogP contribution in [0.3, 0.4) is 0 Å². The zero-order valence-corrected chi connectivity index (χ0v) is 42.7. The van der Waals surface area contributed by atoms with E-state index in [1.807, 2.05) is 0 Å². The van der Waals surface area contributed by atoms with Crippen LogP contribution >= 0.6 is 0 Å². The fourth-order valence-corrected chi connectivity index (χ4v) is 10.3. The third-order valence-electron chi connectivity index (χ3n) is 14.9. The molecule has 2 atom stereocenters. The summed E-state index contributed by atoms with van der Waals surface area (Å²) in [7, 11) is 0. The Kier molecular flexibility index (Phi) is 37.8. The number of rotatable bonds is 45. The minimum atomic E-state index is -0.111. The van der Waals surface area contributed by atoms with E-state index >= 15 is 0 Å². The number of unbranched alkanes of at least 4 members (excludes halogenated alkanes) is 20. The van der Waals surface area contributed by atoms with Gasteiger partial charge in [0.05, 0.1) is 19.3 Å². The lowest BCUT2D eigenvalue weighted by molar-refractivity contribution is -0.146. The van der Waals surface area contributed by atoms with Crippen molar-refractivity contribution in [1.29, 1.82) is 0 Å². The van der Waals surface area contributed by atoms with E-state index in [4.69, 9.17) is 9.47 Å². The molecule has 0 heterocycles. The topological polar surface area (TPSA) is 79.3 Å². The van der Waals surface area contributed by atoms with Gasteiger partial charge in [0.1, 0.15) is 0 Å². The first kappa shape index (κ1) is 57.9. The second-order valence-electron chi connectivity index (χ2n) is 20.7. The van der Waals surface area contributed by atoms with Crippen LogP contribution in [0.1, 0.15) is 278 Å². The Labute approximate surface area is 392 Å². The fourth-order valence-electron chi connectivity index (χ4n) is 10.3. The first-order valence-electron chi connectivity index (χ1n) is 28.4. The molecule has 0 bridgehead atoms. The molecule has 7 nitrogen and oxygen atoms in total. The Morgan fingerprint density at radius 2 is 0.810 bits per heavy atom. The monoisotopic (exact) mass is 889 g/mol. The molecule has 0 aromatic heterocycles. The van der Waals surface area contributed by atoms with Crippen LogP contribution in [0.4, 0.5) is 0 Å². The molecule has 2 aliphatic carbocycles.